The fourth-order valence-electron chi connectivity index (χ4n) is 2.39. The molecule has 0 aliphatic rings. The Morgan fingerprint density at radius 3 is 2.89 bits per heavy atom. The number of aldehydes is 1. The lowest BCUT2D eigenvalue weighted by atomic mass is 10.1. The minimum Gasteiger partial charge on any atom is -0.347 e. The number of carbonyl (C=O) groups excluding carboxylic acids is 1. The third kappa shape index (κ3) is 2.29. The zero-order chi connectivity index (χ0) is 13.1. The van der Waals surface area contributed by atoms with Gasteiger partial charge in [-0.1, -0.05) is 12.1 Å². The predicted octanol–water partition coefficient (Wildman–Crippen LogP) is 2.74. The van der Waals surface area contributed by atoms with E-state index in [0.717, 1.165) is 42.3 Å². The molecular formula is C15H15N3O. The van der Waals surface area contributed by atoms with E-state index >= 15 is 0 Å². The molecule has 0 fully saturated rings. The molecule has 3 aromatic rings. The fourth-order valence-corrected chi connectivity index (χ4v) is 2.39. The molecule has 0 unspecified atom stereocenters. The number of hydrogen-bond donors (Lipinski definition) is 0. The Morgan fingerprint density at radius 2 is 2.11 bits per heavy atom. The second-order valence-electron chi connectivity index (χ2n) is 4.56. The third-order valence-corrected chi connectivity index (χ3v) is 3.35. The monoisotopic (exact) mass is 253 g/mol. The predicted molar refractivity (Wildman–Crippen MR) is 74.2 cm³/mol. The van der Waals surface area contributed by atoms with Crippen molar-refractivity contribution in [1.82, 2.24) is 14.1 Å². The molecule has 0 N–H and O–H groups in total. The van der Waals surface area contributed by atoms with Gasteiger partial charge < -0.3 is 9.13 Å². The summed E-state index contributed by atoms with van der Waals surface area (Å²) in [4.78, 5) is 15.0. The standard InChI is InChI=1S/C15H15N3O/c19-11-13-3-1-4-15-14(13)5-9-18(15)8-2-7-17-10-6-16-12-17/h1,3-6,9-12H,2,7-8H2. The first-order valence-electron chi connectivity index (χ1n) is 6.37. The van der Waals surface area contributed by atoms with Crippen molar-refractivity contribution >= 4 is 17.2 Å². The van der Waals surface area contributed by atoms with Crippen LogP contribution in [-0.4, -0.2) is 20.4 Å². The van der Waals surface area contributed by atoms with Gasteiger partial charge in [0, 0.05) is 48.1 Å². The fraction of sp³-hybridized carbons (Fsp3) is 0.200. The van der Waals surface area contributed by atoms with Crippen LogP contribution >= 0.6 is 0 Å². The second-order valence-corrected chi connectivity index (χ2v) is 4.56. The van der Waals surface area contributed by atoms with Gasteiger partial charge in [0.15, 0.2) is 6.29 Å². The van der Waals surface area contributed by atoms with E-state index in [1.54, 1.807) is 6.20 Å². The van der Waals surface area contributed by atoms with Gasteiger partial charge in [0.25, 0.3) is 0 Å². The maximum atomic E-state index is 11.0. The number of carbonyl (C=O) groups is 1. The van der Waals surface area contributed by atoms with E-state index in [1.165, 1.54) is 0 Å². The van der Waals surface area contributed by atoms with Crippen LogP contribution in [-0.2, 0) is 13.1 Å². The molecule has 1 aromatic carbocycles. The molecular weight excluding hydrogens is 238 g/mol. The van der Waals surface area contributed by atoms with Crippen LogP contribution < -0.4 is 0 Å². The first kappa shape index (κ1) is 11.7. The summed E-state index contributed by atoms with van der Waals surface area (Å²) in [6, 6.07) is 7.85. The van der Waals surface area contributed by atoms with Crippen molar-refractivity contribution in [2.24, 2.45) is 0 Å². The molecule has 0 amide bonds. The van der Waals surface area contributed by atoms with Gasteiger partial charge >= 0.3 is 0 Å². The summed E-state index contributed by atoms with van der Waals surface area (Å²) in [5, 5.41) is 1.03. The number of aromatic nitrogens is 3. The van der Waals surface area contributed by atoms with Crippen LogP contribution in [0.5, 0.6) is 0 Å². The quantitative estimate of drug-likeness (QED) is 0.656. The van der Waals surface area contributed by atoms with E-state index in [4.69, 9.17) is 0 Å². The molecule has 4 nitrogen and oxygen atoms in total. The maximum absolute atomic E-state index is 11.0. The smallest absolute Gasteiger partial charge is 0.150 e. The summed E-state index contributed by atoms with van der Waals surface area (Å²) in [7, 11) is 0. The van der Waals surface area contributed by atoms with Crippen LogP contribution in [0.2, 0.25) is 0 Å². The summed E-state index contributed by atoms with van der Waals surface area (Å²) < 4.78 is 4.27. The highest BCUT2D eigenvalue weighted by Crippen LogP contribution is 2.19. The van der Waals surface area contributed by atoms with Crippen molar-refractivity contribution in [2.45, 2.75) is 19.5 Å². The average Bonchev–Trinajstić information content (AvgIpc) is 3.08. The molecule has 3 rings (SSSR count). The van der Waals surface area contributed by atoms with Crippen LogP contribution in [0, 0.1) is 0 Å². The number of fused-ring (bicyclic) bond motifs is 1. The lowest BCUT2D eigenvalue weighted by Gasteiger charge is -2.06. The van der Waals surface area contributed by atoms with Crippen LogP contribution in [0.4, 0.5) is 0 Å². The zero-order valence-electron chi connectivity index (χ0n) is 10.6. The number of imidazole rings is 1. The Kier molecular flexibility index (Phi) is 3.14. The highest BCUT2D eigenvalue weighted by molar-refractivity contribution is 5.97. The van der Waals surface area contributed by atoms with E-state index in [0.29, 0.717) is 0 Å². The van der Waals surface area contributed by atoms with E-state index in [9.17, 15) is 4.79 Å². The summed E-state index contributed by atoms with van der Waals surface area (Å²) in [6.45, 7) is 1.89. The molecule has 0 spiro atoms. The SMILES string of the molecule is O=Cc1cccc2c1ccn2CCCn1ccnc1. The van der Waals surface area contributed by atoms with Gasteiger partial charge in [-0.05, 0) is 18.6 Å². The van der Waals surface area contributed by atoms with Crippen molar-refractivity contribution in [1.29, 1.82) is 0 Å². The molecule has 2 heterocycles. The average molecular weight is 253 g/mol. The molecule has 0 radical (unpaired) electrons. The normalized spacial score (nSPS) is 10.9. The topological polar surface area (TPSA) is 39.8 Å². The van der Waals surface area contributed by atoms with Crippen molar-refractivity contribution in [3.05, 3.63) is 54.7 Å². The Labute approximate surface area is 111 Å². The van der Waals surface area contributed by atoms with E-state index in [-0.39, 0.29) is 0 Å². The molecule has 2 aromatic heterocycles. The minimum absolute atomic E-state index is 0.755. The summed E-state index contributed by atoms with van der Waals surface area (Å²) in [5.74, 6) is 0. The molecule has 4 heteroatoms. The largest absolute Gasteiger partial charge is 0.347 e. The number of hydrogen-bond acceptors (Lipinski definition) is 2. The van der Waals surface area contributed by atoms with E-state index in [1.807, 2.05) is 36.9 Å². The Balaban J connectivity index is 1.76. The Morgan fingerprint density at radius 1 is 1.16 bits per heavy atom. The van der Waals surface area contributed by atoms with E-state index in [2.05, 4.69) is 20.2 Å². The Bertz CT molecular complexity index is 683. The van der Waals surface area contributed by atoms with Crippen molar-refractivity contribution in [3.8, 4) is 0 Å². The van der Waals surface area contributed by atoms with Gasteiger partial charge in [0.05, 0.1) is 6.33 Å². The second kappa shape index (κ2) is 5.10. The molecule has 0 aliphatic heterocycles. The maximum Gasteiger partial charge on any atom is 0.150 e. The summed E-state index contributed by atoms with van der Waals surface area (Å²) >= 11 is 0. The summed E-state index contributed by atoms with van der Waals surface area (Å²) in [5.41, 5.74) is 1.88. The van der Waals surface area contributed by atoms with Crippen LogP contribution in [0.3, 0.4) is 0 Å². The highest BCUT2D eigenvalue weighted by atomic mass is 16.1. The number of rotatable bonds is 5. The first-order chi connectivity index (χ1) is 9.38. The van der Waals surface area contributed by atoms with Crippen LogP contribution in [0.25, 0.3) is 10.9 Å². The highest BCUT2D eigenvalue weighted by Gasteiger charge is 2.04. The van der Waals surface area contributed by atoms with Gasteiger partial charge in [-0.15, -0.1) is 0 Å². The van der Waals surface area contributed by atoms with Crippen LogP contribution in [0.15, 0.2) is 49.2 Å². The lowest BCUT2D eigenvalue weighted by molar-refractivity contribution is 0.112. The molecule has 0 saturated heterocycles. The van der Waals surface area contributed by atoms with E-state index < -0.39 is 0 Å². The molecule has 0 bridgehead atoms. The molecule has 0 aliphatic carbocycles. The van der Waals surface area contributed by atoms with Gasteiger partial charge in [-0.3, -0.25) is 4.79 Å². The van der Waals surface area contributed by atoms with Crippen molar-refractivity contribution in [3.63, 3.8) is 0 Å². The van der Waals surface area contributed by atoms with Gasteiger partial charge in [0.2, 0.25) is 0 Å². The number of benzene rings is 1. The van der Waals surface area contributed by atoms with Gasteiger partial charge in [-0.2, -0.15) is 0 Å². The van der Waals surface area contributed by atoms with Gasteiger partial charge in [0.1, 0.15) is 0 Å². The third-order valence-electron chi connectivity index (χ3n) is 3.35. The number of aryl methyl sites for hydroxylation is 2. The van der Waals surface area contributed by atoms with Crippen molar-refractivity contribution in [2.75, 3.05) is 0 Å². The van der Waals surface area contributed by atoms with Crippen molar-refractivity contribution < 1.29 is 4.79 Å². The molecule has 0 atom stereocenters. The zero-order valence-corrected chi connectivity index (χ0v) is 10.6. The summed E-state index contributed by atoms with van der Waals surface area (Å²) in [6.07, 6.45) is 9.59. The Hall–Kier alpha value is -2.36. The van der Waals surface area contributed by atoms with Gasteiger partial charge in [-0.25, -0.2) is 4.98 Å². The first-order valence-corrected chi connectivity index (χ1v) is 6.37. The van der Waals surface area contributed by atoms with Crippen LogP contribution in [0.1, 0.15) is 16.8 Å². The molecule has 0 saturated carbocycles. The molecule has 96 valence electrons. The minimum atomic E-state index is 0.755. The lowest BCUT2D eigenvalue weighted by Crippen LogP contribution is -2.01. The number of nitrogens with zero attached hydrogens (tertiary/aromatic N) is 3. The molecule has 19 heavy (non-hydrogen) atoms.